The fraction of sp³-hybridized carbons (Fsp3) is 0.147. The summed E-state index contributed by atoms with van der Waals surface area (Å²) < 4.78 is 23.4. The molecule has 0 aromatic heterocycles. The first kappa shape index (κ1) is 32.7. The van der Waals surface area contributed by atoms with Crippen LogP contribution in [0.5, 0.6) is 23.0 Å². The summed E-state index contributed by atoms with van der Waals surface area (Å²) in [5, 5.41) is 2.72. The third kappa shape index (κ3) is 7.39. The minimum atomic E-state index is -0.922. The van der Waals surface area contributed by atoms with E-state index in [-0.39, 0.29) is 51.0 Å². The standard InChI is InChI=1S/C34H27Cl3N2O7/c1-3-44-30-16-22(13-24-32(40)38-34(42)39(33(24)41)23-10-11-25(35)26(36)17-23)14-27(37)31(30)46-19-21-9-12-28(29(15-21)43-2)45-18-20-7-5-4-6-8-20/h4-17H,3,18-19H2,1-2H3,(H,38,40,42)/b24-13-. The molecule has 9 nitrogen and oxygen atoms in total. The predicted octanol–water partition coefficient (Wildman–Crippen LogP) is 7.88. The summed E-state index contributed by atoms with van der Waals surface area (Å²) in [6.45, 7) is 2.59. The Bertz CT molecular complexity index is 1830. The van der Waals surface area contributed by atoms with E-state index in [4.69, 9.17) is 53.8 Å². The van der Waals surface area contributed by atoms with Gasteiger partial charge in [0.15, 0.2) is 23.0 Å². The largest absolute Gasteiger partial charge is 0.493 e. The molecular formula is C34H27Cl3N2O7. The molecule has 4 aromatic carbocycles. The van der Waals surface area contributed by atoms with Gasteiger partial charge >= 0.3 is 6.03 Å². The summed E-state index contributed by atoms with van der Waals surface area (Å²) >= 11 is 18.7. The normalized spacial score (nSPS) is 13.9. The van der Waals surface area contributed by atoms with Crippen molar-refractivity contribution < 1.29 is 33.3 Å². The molecule has 46 heavy (non-hydrogen) atoms. The number of barbiturate groups is 1. The van der Waals surface area contributed by atoms with Crippen LogP contribution in [0.25, 0.3) is 6.08 Å². The van der Waals surface area contributed by atoms with Crippen LogP contribution in [0, 0.1) is 0 Å². The smallest absolute Gasteiger partial charge is 0.335 e. The van der Waals surface area contributed by atoms with Gasteiger partial charge in [-0.15, -0.1) is 0 Å². The van der Waals surface area contributed by atoms with Crippen molar-refractivity contribution >= 4 is 64.4 Å². The van der Waals surface area contributed by atoms with E-state index in [2.05, 4.69) is 5.32 Å². The van der Waals surface area contributed by atoms with Gasteiger partial charge in [0.1, 0.15) is 18.8 Å². The highest BCUT2D eigenvalue weighted by Crippen LogP contribution is 2.39. The fourth-order valence-corrected chi connectivity index (χ4v) is 5.13. The number of urea groups is 1. The molecule has 1 aliphatic rings. The molecule has 0 spiro atoms. The molecule has 1 heterocycles. The molecule has 0 atom stereocenters. The van der Waals surface area contributed by atoms with E-state index >= 15 is 0 Å². The SMILES string of the molecule is CCOc1cc(/C=C2/C(=O)NC(=O)N(c3ccc(Cl)c(Cl)c3)C2=O)cc(Cl)c1OCc1ccc(OCc2ccccc2)c(OC)c1. The van der Waals surface area contributed by atoms with Gasteiger partial charge < -0.3 is 18.9 Å². The molecule has 1 saturated heterocycles. The monoisotopic (exact) mass is 680 g/mol. The van der Waals surface area contributed by atoms with Gasteiger partial charge in [-0.25, -0.2) is 9.69 Å². The number of halogens is 3. The van der Waals surface area contributed by atoms with Crippen LogP contribution < -0.4 is 29.2 Å². The van der Waals surface area contributed by atoms with Gasteiger partial charge in [0.05, 0.1) is 34.5 Å². The Hall–Kier alpha value is -4.70. The van der Waals surface area contributed by atoms with Gasteiger partial charge in [0.25, 0.3) is 11.8 Å². The number of amides is 4. The van der Waals surface area contributed by atoms with Crippen LogP contribution in [-0.4, -0.2) is 31.6 Å². The van der Waals surface area contributed by atoms with Crippen LogP contribution in [0.3, 0.4) is 0 Å². The Labute approximate surface area is 280 Å². The second kappa shape index (κ2) is 14.6. The molecule has 5 rings (SSSR count). The molecule has 0 saturated carbocycles. The summed E-state index contributed by atoms with van der Waals surface area (Å²) in [6, 6.07) is 21.7. The number of rotatable bonds is 11. The van der Waals surface area contributed by atoms with Crippen molar-refractivity contribution in [2.45, 2.75) is 20.1 Å². The summed E-state index contributed by atoms with van der Waals surface area (Å²) in [6.07, 6.45) is 1.31. The highest BCUT2D eigenvalue weighted by molar-refractivity contribution is 6.43. The predicted molar refractivity (Wildman–Crippen MR) is 176 cm³/mol. The zero-order valence-corrected chi connectivity index (χ0v) is 26.9. The lowest BCUT2D eigenvalue weighted by Gasteiger charge is -2.26. The number of anilines is 1. The average molecular weight is 682 g/mol. The molecule has 0 radical (unpaired) electrons. The van der Waals surface area contributed by atoms with E-state index in [1.54, 1.807) is 26.2 Å². The lowest BCUT2D eigenvalue weighted by atomic mass is 10.1. The van der Waals surface area contributed by atoms with E-state index in [9.17, 15) is 14.4 Å². The minimum absolute atomic E-state index is 0.122. The summed E-state index contributed by atoms with van der Waals surface area (Å²) in [5.74, 6) is -0.0449. The summed E-state index contributed by atoms with van der Waals surface area (Å²) in [7, 11) is 1.56. The zero-order chi connectivity index (χ0) is 32.8. The third-order valence-corrected chi connectivity index (χ3v) is 7.77. The molecule has 0 unspecified atom stereocenters. The van der Waals surface area contributed by atoms with Crippen LogP contribution >= 0.6 is 34.8 Å². The topological polar surface area (TPSA) is 103 Å². The maximum Gasteiger partial charge on any atom is 0.335 e. The van der Waals surface area contributed by atoms with E-state index < -0.39 is 17.8 Å². The number of nitrogens with one attached hydrogen (secondary N) is 1. The number of ether oxygens (including phenoxy) is 4. The number of hydrogen-bond acceptors (Lipinski definition) is 7. The molecule has 236 valence electrons. The van der Waals surface area contributed by atoms with E-state index in [1.165, 1.54) is 30.3 Å². The van der Waals surface area contributed by atoms with E-state index in [1.807, 2.05) is 42.5 Å². The molecule has 0 aliphatic carbocycles. The van der Waals surface area contributed by atoms with Gasteiger partial charge in [-0.05, 0) is 72.2 Å². The summed E-state index contributed by atoms with van der Waals surface area (Å²) in [5.41, 5.74) is 2.01. The van der Waals surface area contributed by atoms with Crippen molar-refractivity contribution in [1.29, 1.82) is 0 Å². The maximum absolute atomic E-state index is 13.4. The lowest BCUT2D eigenvalue weighted by Crippen LogP contribution is -2.54. The van der Waals surface area contributed by atoms with Crippen molar-refractivity contribution in [2.75, 3.05) is 18.6 Å². The molecule has 4 amide bonds. The highest BCUT2D eigenvalue weighted by Gasteiger charge is 2.37. The lowest BCUT2D eigenvalue weighted by molar-refractivity contribution is -0.122. The number of nitrogens with zero attached hydrogens (tertiary/aromatic N) is 1. The molecule has 1 aliphatic heterocycles. The molecular weight excluding hydrogens is 655 g/mol. The van der Waals surface area contributed by atoms with Crippen molar-refractivity contribution in [1.82, 2.24) is 5.32 Å². The number of methoxy groups -OCH3 is 1. The van der Waals surface area contributed by atoms with Crippen LogP contribution in [0.15, 0.2) is 84.4 Å². The highest BCUT2D eigenvalue weighted by atomic mass is 35.5. The zero-order valence-electron chi connectivity index (χ0n) is 24.6. The minimum Gasteiger partial charge on any atom is -0.493 e. The quantitative estimate of drug-likeness (QED) is 0.127. The Kier molecular flexibility index (Phi) is 10.4. The van der Waals surface area contributed by atoms with Gasteiger partial charge in [-0.1, -0.05) is 71.2 Å². The fourth-order valence-electron chi connectivity index (χ4n) is 4.57. The number of carbonyl (C=O) groups is 3. The molecule has 4 aromatic rings. The molecule has 12 heteroatoms. The number of carbonyl (C=O) groups excluding carboxylic acids is 3. The van der Waals surface area contributed by atoms with Crippen molar-refractivity contribution in [2.24, 2.45) is 0 Å². The van der Waals surface area contributed by atoms with Crippen LogP contribution in [0.1, 0.15) is 23.6 Å². The van der Waals surface area contributed by atoms with Gasteiger partial charge in [0.2, 0.25) is 0 Å². The second-order valence-corrected chi connectivity index (χ2v) is 11.1. The Morgan fingerprint density at radius 2 is 1.50 bits per heavy atom. The Balaban J connectivity index is 1.36. The Morgan fingerprint density at radius 3 is 2.22 bits per heavy atom. The number of benzene rings is 4. The first-order valence-corrected chi connectivity index (χ1v) is 15.1. The van der Waals surface area contributed by atoms with Crippen molar-refractivity contribution in [3.05, 3.63) is 116 Å². The van der Waals surface area contributed by atoms with Crippen molar-refractivity contribution in [3.63, 3.8) is 0 Å². The van der Waals surface area contributed by atoms with Crippen LogP contribution in [-0.2, 0) is 22.8 Å². The van der Waals surface area contributed by atoms with Crippen LogP contribution in [0.4, 0.5) is 10.5 Å². The molecule has 1 fully saturated rings. The maximum atomic E-state index is 13.4. The molecule has 0 bridgehead atoms. The van der Waals surface area contributed by atoms with E-state index in [0.717, 1.165) is 16.0 Å². The van der Waals surface area contributed by atoms with Crippen LogP contribution in [0.2, 0.25) is 15.1 Å². The Morgan fingerprint density at radius 1 is 0.739 bits per heavy atom. The average Bonchev–Trinajstić information content (AvgIpc) is 3.04. The van der Waals surface area contributed by atoms with E-state index in [0.29, 0.717) is 23.7 Å². The van der Waals surface area contributed by atoms with Gasteiger partial charge in [0, 0.05) is 0 Å². The van der Waals surface area contributed by atoms with Crippen molar-refractivity contribution in [3.8, 4) is 23.0 Å². The summed E-state index contributed by atoms with van der Waals surface area (Å²) in [4.78, 5) is 39.5. The van der Waals surface area contributed by atoms with Gasteiger partial charge in [-0.2, -0.15) is 0 Å². The first-order valence-electron chi connectivity index (χ1n) is 14.0. The van der Waals surface area contributed by atoms with Gasteiger partial charge in [-0.3, -0.25) is 14.9 Å². The first-order chi connectivity index (χ1) is 22.2. The number of hydrogen-bond donors (Lipinski definition) is 1. The third-order valence-electron chi connectivity index (χ3n) is 6.75. The molecule has 1 N–H and O–H groups in total. The second-order valence-electron chi connectivity index (χ2n) is 9.87. The number of imide groups is 2.